The van der Waals surface area contributed by atoms with Crippen LogP contribution in [0.3, 0.4) is 0 Å². The molecule has 3 aromatic rings. The highest BCUT2D eigenvalue weighted by Gasteiger charge is 2.20. The molecule has 6 nitrogen and oxygen atoms in total. The number of allylic oxidation sites excluding steroid dienone is 2. The molecular formula is C19H18O6. The number of ether oxygens (including phenoxy) is 1. The molecule has 2 aromatic carbocycles. The Morgan fingerprint density at radius 1 is 1.20 bits per heavy atom. The van der Waals surface area contributed by atoms with Gasteiger partial charge in [-0.15, -0.1) is 0 Å². The molecule has 0 unspecified atom stereocenters. The lowest BCUT2D eigenvalue weighted by Crippen LogP contribution is -2.04. The van der Waals surface area contributed by atoms with E-state index in [1.807, 2.05) is 19.9 Å². The first-order valence-corrected chi connectivity index (χ1v) is 7.68. The molecule has 0 radical (unpaired) electrons. The van der Waals surface area contributed by atoms with Crippen LogP contribution < -0.4 is 10.2 Å². The highest BCUT2D eigenvalue weighted by atomic mass is 16.5. The van der Waals surface area contributed by atoms with Crippen molar-refractivity contribution in [2.45, 2.75) is 20.3 Å². The summed E-state index contributed by atoms with van der Waals surface area (Å²) in [5.74, 6) is -0.707. The molecule has 0 aliphatic rings. The van der Waals surface area contributed by atoms with Crippen molar-refractivity contribution >= 4 is 21.9 Å². The number of rotatable bonds is 3. The van der Waals surface area contributed by atoms with Crippen LogP contribution in [0.4, 0.5) is 0 Å². The third-order valence-electron chi connectivity index (χ3n) is 3.97. The Bertz CT molecular complexity index is 1070. The second-order valence-electron chi connectivity index (χ2n) is 6.05. The number of benzene rings is 2. The summed E-state index contributed by atoms with van der Waals surface area (Å²) < 4.78 is 10.9. The monoisotopic (exact) mass is 342 g/mol. The highest BCUT2D eigenvalue weighted by Crippen LogP contribution is 2.40. The molecule has 1 aromatic heterocycles. The van der Waals surface area contributed by atoms with Crippen LogP contribution in [-0.4, -0.2) is 22.4 Å². The van der Waals surface area contributed by atoms with Crippen LogP contribution in [0.2, 0.25) is 0 Å². The largest absolute Gasteiger partial charge is 0.508 e. The summed E-state index contributed by atoms with van der Waals surface area (Å²) in [6.45, 7) is 3.89. The zero-order chi connectivity index (χ0) is 18.3. The third kappa shape index (κ3) is 2.76. The van der Waals surface area contributed by atoms with Gasteiger partial charge in [-0.2, -0.15) is 0 Å². The SMILES string of the molecule is COc1c(CC=C(C)C)cc2c(=O)c3c(O)cc(O)cc3oc2c1O. The van der Waals surface area contributed by atoms with Gasteiger partial charge in [0.25, 0.3) is 0 Å². The minimum Gasteiger partial charge on any atom is -0.508 e. The minimum absolute atomic E-state index is 0.0237. The quantitative estimate of drug-likeness (QED) is 0.497. The maximum absolute atomic E-state index is 12.8. The van der Waals surface area contributed by atoms with Crippen molar-refractivity contribution in [3.05, 3.63) is 45.6 Å². The average Bonchev–Trinajstić information content (AvgIpc) is 2.53. The third-order valence-corrected chi connectivity index (χ3v) is 3.97. The molecule has 130 valence electrons. The van der Waals surface area contributed by atoms with Crippen LogP contribution in [-0.2, 0) is 6.42 Å². The fourth-order valence-electron chi connectivity index (χ4n) is 2.79. The molecule has 0 saturated carbocycles. The van der Waals surface area contributed by atoms with Gasteiger partial charge in [-0.1, -0.05) is 11.6 Å². The molecule has 25 heavy (non-hydrogen) atoms. The van der Waals surface area contributed by atoms with Crippen LogP contribution in [0.15, 0.2) is 39.1 Å². The Labute approximate surface area is 143 Å². The molecule has 3 rings (SSSR count). The minimum atomic E-state index is -0.495. The lowest BCUT2D eigenvalue weighted by molar-refractivity contribution is 0.369. The second kappa shape index (κ2) is 6.05. The van der Waals surface area contributed by atoms with Gasteiger partial charge in [0.2, 0.25) is 11.2 Å². The van der Waals surface area contributed by atoms with E-state index in [1.54, 1.807) is 6.07 Å². The van der Waals surface area contributed by atoms with Crippen molar-refractivity contribution in [1.29, 1.82) is 0 Å². The van der Waals surface area contributed by atoms with E-state index in [0.29, 0.717) is 12.0 Å². The number of phenols is 3. The lowest BCUT2D eigenvalue weighted by Gasteiger charge is -2.12. The van der Waals surface area contributed by atoms with Gasteiger partial charge in [-0.05, 0) is 26.3 Å². The predicted octanol–water partition coefficient (Wildman–Crippen LogP) is 3.58. The first kappa shape index (κ1) is 16.7. The molecular weight excluding hydrogens is 324 g/mol. The zero-order valence-corrected chi connectivity index (χ0v) is 14.1. The number of fused-ring (bicyclic) bond motifs is 2. The molecule has 3 N–H and O–H groups in total. The van der Waals surface area contributed by atoms with Crippen LogP contribution in [0.1, 0.15) is 19.4 Å². The van der Waals surface area contributed by atoms with Gasteiger partial charge in [-0.3, -0.25) is 4.79 Å². The topological polar surface area (TPSA) is 100 Å². The van der Waals surface area contributed by atoms with Crippen molar-refractivity contribution in [2.24, 2.45) is 0 Å². The number of hydrogen-bond acceptors (Lipinski definition) is 6. The molecule has 1 heterocycles. The summed E-state index contributed by atoms with van der Waals surface area (Å²) in [6.07, 6.45) is 2.41. The maximum atomic E-state index is 12.8. The molecule has 0 atom stereocenters. The molecule has 0 fully saturated rings. The molecule has 0 bridgehead atoms. The predicted molar refractivity (Wildman–Crippen MR) is 94.7 cm³/mol. The number of phenolic OH excluding ortho intramolecular Hbond substituents is 3. The molecule has 0 aliphatic heterocycles. The Hall–Kier alpha value is -3.15. The fourth-order valence-corrected chi connectivity index (χ4v) is 2.79. The van der Waals surface area contributed by atoms with Crippen molar-refractivity contribution in [3.8, 4) is 23.0 Å². The van der Waals surface area contributed by atoms with Crippen molar-refractivity contribution in [2.75, 3.05) is 7.11 Å². The second-order valence-corrected chi connectivity index (χ2v) is 6.05. The van der Waals surface area contributed by atoms with Gasteiger partial charge >= 0.3 is 0 Å². The van der Waals surface area contributed by atoms with E-state index in [-0.39, 0.29) is 44.9 Å². The van der Waals surface area contributed by atoms with E-state index in [0.717, 1.165) is 11.6 Å². The summed E-state index contributed by atoms with van der Waals surface area (Å²) in [6, 6.07) is 3.86. The van der Waals surface area contributed by atoms with Crippen LogP contribution in [0.5, 0.6) is 23.0 Å². The Morgan fingerprint density at radius 3 is 2.56 bits per heavy atom. The summed E-state index contributed by atoms with van der Waals surface area (Å²) in [5.41, 5.74) is 1.13. The van der Waals surface area contributed by atoms with Crippen LogP contribution in [0, 0.1) is 0 Å². The molecule has 0 aliphatic carbocycles. The van der Waals surface area contributed by atoms with Gasteiger partial charge in [0.15, 0.2) is 11.3 Å². The van der Waals surface area contributed by atoms with Gasteiger partial charge in [0, 0.05) is 17.7 Å². The Morgan fingerprint density at radius 2 is 1.92 bits per heavy atom. The standard InChI is InChI=1S/C19H18O6/c1-9(2)4-5-10-6-12-16(22)15-13(21)7-11(20)8-14(15)25-19(12)17(23)18(10)24-3/h4,6-8,20-21,23H,5H2,1-3H3. The first-order valence-electron chi connectivity index (χ1n) is 7.68. The van der Waals surface area contributed by atoms with Crippen molar-refractivity contribution in [3.63, 3.8) is 0 Å². The summed E-state index contributed by atoms with van der Waals surface area (Å²) in [4.78, 5) is 12.8. The van der Waals surface area contributed by atoms with Crippen molar-refractivity contribution in [1.82, 2.24) is 0 Å². The van der Waals surface area contributed by atoms with Crippen molar-refractivity contribution < 1.29 is 24.5 Å². The highest BCUT2D eigenvalue weighted by molar-refractivity contribution is 5.97. The molecule has 0 spiro atoms. The Balaban J connectivity index is 2.44. The average molecular weight is 342 g/mol. The van der Waals surface area contributed by atoms with Crippen LogP contribution >= 0.6 is 0 Å². The summed E-state index contributed by atoms with van der Waals surface area (Å²) >= 11 is 0. The van der Waals surface area contributed by atoms with E-state index >= 15 is 0 Å². The smallest absolute Gasteiger partial charge is 0.204 e. The summed E-state index contributed by atoms with van der Waals surface area (Å²) in [7, 11) is 1.42. The Kier molecular flexibility index (Phi) is 4.04. The number of hydrogen-bond donors (Lipinski definition) is 3. The normalized spacial score (nSPS) is 11.0. The molecule has 6 heteroatoms. The van der Waals surface area contributed by atoms with E-state index in [4.69, 9.17) is 9.15 Å². The van der Waals surface area contributed by atoms with Gasteiger partial charge < -0.3 is 24.5 Å². The molecule has 0 saturated heterocycles. The van der Waals surface area contributed by atoms with E-state index in [9.17, 15) is 20.1 Å². The van der Waals surface area contributed by atoms with Gasteiger partial charge in [-0.25, -0.2) is 0 Å². The van der Waals surface area contributed by atoms with E-state index in [2.05, 4.69) is 0 Å². The molecule has 0 amide bonds. The number of methoxy groups -OCH3 is 1. The van der Waals surface area contributed by atoms with E-state index < -0.39 is 5.43 Å². The lowest BCUT2D eigenvalue weighted by atomic mass is 10.0. The van der Waals surface area contributed by atoms with Crippen LogP contribution in [0.25, 0.3) is 21.9 Å². The zero-order valence-electron chi connectivity index (χ0n) is 14.1. The summed E-state index contributed by atoms with van der Waals surface area (Å²) in [5, 5.41) is 30.2. The van der Waals surface area contributed by atoms with E-state index in [1.165, 1.54) is 13.2 Å². The van der Waals surface area contributed by atoms with Gasteiger partial charge in [0.1, 0.15) is 22.5 Å². The van der Waals surface area contributed by atoms with Gasteiger partial charge in [0.05, 0.1) is 12.5 Å². The number of aromatic hydroxyl groups is 3. The maximum Gasteiger partial charge on any atom is 0.204 e. The first-order chi connectivity index (χ1) is 11.8. The fraction of sp³-hybridized carbons (Fsp3) is 0.211.